The van der Waals surface area contributed by atoms with Gasteiger partial charge in [-0.2, -0.15) is 0 Å². The van der Waals surface area contributed by atoms with Gasteiger partial charge in [-0.15, -0.1) is 0 Å². The van der Waals surface area contributed by atoms with Crippen LogP contribution in [0, 0.1) is 12.7 Å². The normalized spacial score (nSPS) is 11.0. The average molecular weight is 485 g/mol. The summed E-state index contributed by atoms with van der Waals surface area (Å²) in [5.41, 5.74) is 5.24. The van der Waals surface area contributed by atoms with Crippen molar-refractivity contribution in [2.24, 2.45) is 0 Å². The standard InChI is InChI=1S/C27H25FN6O2/c1-17-10-21-24(11-20(28)12-25(21)35-2)34(17)9-8-30-26-13-22(31-16-32-26)18-4-6-19(7-5-18)23-14-29-15-27(33-23)36-3/h4-7,10-16H,8-9H2,1-3H3,(H,30,31,32). The van der Waals surface area contributed by atoms with Crippen LogP contribution in [-0.2, 0) is 6.54 Å². The smallest absolute Gasteiger partial charge is 0.232 e. The molecule has 0 unspecified atom stereocenters. The Kier molecular flexibility index (Phi) is 6.44. The van der Waals surface area contributed by atoms with E-state index in [0.29, 0.717) is 30.5 Å². The van der Waals surface area contributed by atoms with Crippen molar-refractivity contribution < 1.29 is 13.9 Å². The first kappa shape index (κ1) is 23.2. The molecule has 3 aromatic heterocycles. The highest BCUT2D eigenvalue weighted by molar-refractivity contribution is 5.87. The zero-order chi connectivity index (χ0) is 25.1. The van der Waals surface area contributed by atoms with E-state index in [-0.39, 0.29) is 5.82 Å². The Morgan fingerprint density at radius 3 is 2.44 bits per heavy atom. The molecule has 0 atom stereocenters. The number of ether oxygens (including phenoxy) is 2. The molecule has 3 heterocycles. The predicted octanol–water partition coefficient (Wildman–Crippen LogP) is 5.13. The van der Waals surface area contributed by atoms with Crippen LogP contribution in [0.5, 0.6) is 11.6 Å². The Morgan fingerprint density at radius 2 is 1.69 bits per heavy atom. The molecule has 0 amide bonds. The number of nitrogens with one attached hydrogen (secondary N) is 1. The van der Waals surface area contributed by atoms with E-state index in [1.807, 2.05) is 43.3 Å². The fourth-order valence-corrected chi connectivity index (χ4v) is 4.20. The van der Waals surface area contributed by atoms with Gasteiger partial charge in [0.2, 0.25) is 5.88 Å². The first-order valence-corrected chi connectivity index (χ1v) is 11.4. The lowest BCUT2D eigenvalue weighted by atomic mass is 10.1. The minimum atomic E-state index is -0.323. The maximum Gasteiger partial charge on any atom is 0.232 e. The predicted molar refractivity (Wildman–Crippen MR) is 137 cm³/mol. The molecule has 182 valence electrons. The fourth-order valence-electron chi connectivity index (χ4n) is 4.20. The number of nitrogens with zero attached hydrogens (tertiary/aromatic N) is 5. The van der Waals surface area contributed by atoms with Gasteiger partial charge in [-0.25, -0.2) is 19.3 Å². The van der Waals surface area contributed by atoms with Crippen LogP contribution in [0.2, 0.25) is 0 Å². The minimum absolute atomic E-state index is 0.323. The van der Waals surface area contributed by atoms with Crippen LogP contribution in [0.1, 0.15) is 5.69 Å². The quantitative estimate of drug-likeness (QED) is 0.327. The summed E-state index contributed by atoms with van der Waals surface area (Å²) in [7, 11) is 3.12. The number of hydrogen-bond donors (Lipinski definition) is 1. The topological polar surface area (TPSA) is 87.0 Å². The van der Waals surface area contributed by atoms with Gasteiger partial charge in [0, 0.05) is 47.4 Å². The Hall–Kier alpha value is -4.53. The van der Waals surface area contributed by atoms with E-state index in [1.165, 1.54) is 18.5 Å². The van der Waals surface area contributed by atoms with Crippen LogP contribution in [0.15, 0.2) is 67.3 Å². The van der Waals surface area contributed by atoms with Gasteiger partial charge in [0.15, 0.2) is 0 Å². The SMILES string of the molecule is COc1cncc(-c2ccc(-c3cc(NCCn4c(C)cc5c(OC)cc(F)cc54)ncn3)cc2)n1. The zero-order valence-electron chi connectivity index (χ0n) is 20.2. The van der Waals surface area contributed by atoms with Gasteiger partial charge < -0.3 is 19.4 Å². The lowest BCUT2D eigenvalue weighted by Crippen LogP contribution is -2.12. The Labute approximate surface area is 207 Å². The Balaban J connectivity index is 1.29. The number of rotatable bonds is 8. The summed E-state index contributed by atoms with van der Waals surface area (Å²) in [6, 6.07) is 14.8. The summed E-state index contributed by atoms with van der Waals surface area (Å²) >= 11 is 0. The maximum atomic E-state index is 14.1. The highest BCUT2D eigenvalue weighted by Crippen LogP contribution is 2.30. The van der Waals surface area contributed by atoms with Crippen molar-refractivity contribution in [3.05, 3.63) is 78.8 Å². The molecule has 2 aromatic carbocycles. The lowest BCUT2D eigenvalue weighted by molar-refractivity contribution is 0.396. The minimum Gasteiger partial charge on any atom is -0.496 e. The number of fused-ring (bicyclic) bond motifs is 1. The van der Waals surface area contributed by atoms with Crippen molar-refractivity contribution in [1.29, 1.82) is 0 Å². The molecule has 0 saturated heterocycles. The van der Waals surface area contributed by atoms with Gasteiger partial charge in [-0.1, -0.05) is 24.3 Å². The number of benzene rings is 2. The number of aromatic nitrogens is 5. The van der Waals surface area contributed by atoms with Gasteiger partial charge in [-0.3, -0.25) is 4.98 Å². The van der Waals surface area contributed by atoms with Crippen LogP contribution in [-0.4, -0.2) is 45.3 Å². The van der Waals surface area contributed by atoms with Crippen LogP contribution in [0.3, 0.4) is 0 Å². The van der Waals surface area contributed by atoms with E-state index in [2.05, 4.69) is 29.8 Å². The van der Waals surface area contributed by atoms with Crippen molar-refractivity contribution in [3.8, 4) is 34.1 Å². The number of halogens is 1. The third-order valence-corrected chi connectivity index (χ3v) is 5.98. The van der Waals surface area contributed by atoms with Crippen LogP contribution in [0.25, 0.3) is 33.4 Å². The summed E-state index contributed by atoms with van der Waals surface area (Å²) in [4.78, 5) is 17.4. The van der Waals surface area contributed by atoms with E-state index in [9.17, 15) is 4.39 Å². The summed E-state index contributed by atoms with van der Waals surface area (Å²) < 4.78 is 26.7. The van der Waals surface area contributed by atoms with Crippen molar-refractivity contribution in [2.45, 2.75) is 13.5 Å². The molecule has 0 saturated carbocycles. The molecule has 0 spiro atoms. The molecule has 8 nitrogen and oxygen atoms in total. The monoisotopic (exact) mass is 484 g/mol. The fraction of sp³-hybridized carbons (Fsp3) is 0.185. The molecule has 9 heteroatoms. The zero-order valence-corrected chi connectivity index (χ0v) is 20.2. The second kappa shape index (κ2) is 9.99. The summed E-state index contributed by atoms with van der Waals surface area (Å²) in [6.45, 7) is 3.24. The van der Waals surface area contributed by atoms with Crippen molar-refractivity contribution in [1.82, 2.24) is 24.5 Å². The first-order valence-electron chi connectivity index (χ1n) is 11.4. The van der Waals surface area contributed by atoms with Gasteiger partial charge in [0.25, 0.3) is 0 Å². The van der Waals surface area contributed by atoms with Crippen molar-refractivity contribution >= 4 is 16.7 Å². The number of hydrogen-bond acceptors (Lipinski definition) is 7. The summed E-state index contributed by atoms with van der Waals surface area (Å²) in [6.07, 6.45) is 4.81. The largest absolute Gasteiger partial charge is 0.496 e. The average Bonchev–Trinajstić information content (AvgIpc) is 3.23. The number of anilines is 1. The van der Waals surface area contributed by atoms with Crippen LogP contribution in [0.4, 0.5) is 10.2 Å². The third kappa shape index (κ3) is 4.68. The lowest BCUT2D eigenvalue weighted by Gasteiger charge is -2.11. The molecule has 0 aliphatic rings. The Bertz CT molecular complexity index is 1520. The van der Waals surface area contributed by atoms with E-state index in [1.54, 1.807) is 26.6 Å². The molecule has 0 radical (unpaired) electrons. The molecular formula is C27H25FN6O2. The van der Waals surface area contributed by atoms with Gasteiger partial charge in [0.1, 0.15) is 23.7 Å². The molecule has 0 bridgehead atoms. The van der Waals surface area contributed by atoms with E-state index < -0.39 is 0 Å². The molecule has 5 aromatic rings. The second-order valence-electron chi connectivity index (χ2n) is 8.22. The van der Waals surface area contributed by atoms with E-state index in [4.69, 9.17) is 9.47 Å². The van der Waals surface area contributed by atoms with Crippen molar-refractivity contribution in [2.75, 3.05) is 26.1 Å². The van der Waals surface area contributed by atoms with E-state index in [0.717, 1.165) is 39.1 Å². The van der Waals surface area contributed by atoms with Crippen molar-refractivity contribution in [3.63, 3.8) is 0 Å². The number of methoxy groups -OCH3 is 2. The highest BCUT2D eigenvalue weighted by atomic mass is 19.1. The molecule has 0 aliphatic heterocycles. The molecule has 0 aliphatic carbocycles. The second-order valence-corrected chi connectivity index (χ2v) is 8.22. The van der Waals surface area contributed by atoms with Gasteiger partial charge in [-0.05, 0) is 19.1 Å². The summed E-state index contributed by atoms with van der Waals surface area (Å²) in [5, 5.41) is 4.24. The van der Waals surface area contributed by atoms with Crippen LogP contribution >= 0.6 is 0 Å². The highest BCUT2D eigenvalue weighted by Gasteiger charge is 2.12. The third-order valence-electron chi connectivity index (χ3n) is 5.98. The molecular weight excluding hydrogens is 459 g/mol. The molecule has 1 N–H and O–H groups in total. The molecule has 5 rings (SSSR count). The van der Waals surface area contributed by atoms with E-state index >= 15 is 0 Å². The van der Waals surface area contributed by atoms with Gasteiger partial charge in [0.05, 0.1) is 43.5 Å². The first-order chi connectivity index (χ1) is 17.6. The summed E-state index contributed by atoms with van der Waals surface area (Å²) in [5.74, 6) is 1.39. The molecule has 0 fully saturated rings. The molecule has 36 heavy (non-hydrogen) atoms. The maximum absolute atomic E-state index is 14.1. The van der Waals surface area contributed by atoms with Crippen LogP contribution < -0.4 is 14.8 Å². The number of aryl methyl sites for hydroxylation is 1. The van der Waals surface area contributed by atoms with Gasteiger partial charge >= 0.3 is 0 Å². The Morgan fingerprint density at radius 1 is 0.917 bits per heavy atom.